The van der Waals surface area contributed by atoms with Gasteiger partial charge in [0.15, 0.2) is 15.2 Å². The summed E-state index contributed by atoms with van der Waals surface area (Å²) in [6, 6.07) is 0. The molecule has 1 N–H and O–H groups in total. The van der Waals surface area contributed by atoms with Crippen molar-refractivity contribution in [3.8, 4) is 0 Å². The van der Waals surface area contributed by atoms with Gasteiger partial charge in [-0.15, -0.1) is 0 Å². The van der Waals surface area contributed by atoms with E-state index in [2.05, 4.69) is 11.9 Å². The highest BCUT2D eigenvalue weighted by Crippen LogP contribution is 2.04. The number of allylic oxidation sites excluding steroid dienone is 2. The molecule has 11 heavy (non-hydrogen) atoms. The number of rotatable bonds is 2. The van der Waals surface area contributed by atoms with Gasteiger partial charge in [0.2, 0.25) is 0 Å². The lowest BCUT2D eigenvalue weighted by molar-refractivity contribution is 0.591. The van der Waals surface area contributed by atoms with Crippen molar-refractivity contribution in [2.24, 2.45) is 0 Å². The van der Waals surface area contributed by atoms with E-state index in [0.29, 0.717) is 0 Å². The molecule has 0 spiro atoms. The second-order valence-electron chi connectivity index (χ2n) is 2.09. The molecule has 1 heterocycles. The normalized spacial score (nSPS) is 22.7. The molecule has 0 aromatic rings. The predicted molar refractivity (Wildman–Crippen MR) is 44.3 cm³/mol. The SMILES string of the molecule is C=CS(=O)(=O)C1C=CC=CN1. The van der Waals surface area contributed by atoms with Crippen LogP contribution in [0.15, 0.2) is 36.4 Å². The molecular weight excluding hydrogens is 162 g/mol. The second-order valence-corrected chi connectivity index (χ2v) is 4.11. The van der Waals surface area contributed by atoms with Crippen molar-refractivity contribution in [2.75, 3.05) is 0 Å². The summed E-state index contributed by atoms with van der Waals surface area (Å²) in [4.78, 5) is 0. The second kappa shape index (κ2) is 2.92. The highest BCUT2D eigenvalue weighted by molar-refractivity contribution is 7.95. The lowest BCUT2D eigenvalue weighted by Crippen LogP contribution is -2.30. The standard InChI is InChI=1S/C7H9NO2S/c1-2-11(9,10)7-5-3-4-6-8-7/h2-8H,1H2. The van der Waals surface area contributed by atoms with Gasteiger partial charge in [0.25, 0.3) is 0 Å². The Labute approximate surface area is 66.0 Å². The van der Waals surface area contributed by atoms with Crippen LogP contribution in [0.5, 0.6) is 0 Å². The Hall–Kier alpha value is -1.03. The van der Waals surface area contributed by atoms with Crippen LogP contribution in [0.25, 0.3) is 0 Å². The number of hydrogen-bond acceptors (Lipinski definition) is 3. The molecule has 0 radical (unpaired) electrons. The Balaban J connectivity index is 2.86. The molecular formula is C7H9NO2S. The molecule has 0 saturated carbocycles. The molecule has 0 saturated heterocycles. The molecule has 4 heteroatoms. The lowest BCUT2D eigenvalue weighted by atomic mass is 10.4. The van der Waals surface area contributed by atoms with Gasteiger partial charge in [-0.1, -0.05) is 12.7 Å². The number of nitrogens with one attached hydrogen (secondary N) is 1. The van der Waals surface area contributed by atoms with Gasteiger partial charge in [-0.25, -0.2) is 8.42 Å². The van der Waals surface area contributed by atoms with E-state index in [0.717, 1.165) is 5.41 Å². The molecule has 0 aromatic carbocycles. The molecule has 0 bridgehead atoms. The molecule has 0 amide bonds. The van der Waals surface area contributed by atoms with Gasteiger partial charge in [0.1, 0.15) is 0 Å². The minimum atomic E-state index is -3.21. The van der Waals surface area contributed by atoms with Gasteiger partial charge >= 0.3 is 0 Å². The van der Waals surface area contributed by atoms with Crippen molar-refractivity contribution in [1.29, 1.82) is 0 Å². The molecule has 1 unspecified atom stereocenters. The Bertz CT molecular complexity index is 300. The van der Waals surface area contributed by atoms with Crippen LogP contribution in [-0.2, 0) is 9.84 Å². The smallest absolute Gasteiger partial charge is 0.195 e. The van der Waals surface area contributed by atoms with Crippen molar-refractivity contribution >= 4 is 9.84 Å². The summed E-state index contributed by atoms with van der Waals surface area (Å²) in [5.74, 6) is 0. The summed E-state index contributed by atoms with van der Waals surface area (Å²) in [5, 5.41) is 2.99. The summed E-state index contributed by atoms with van der Waals surface area (Å²) >= 11 is 0. The third kappa shape index (κ3) is 1.71. The van der Waals surface area contributed by atoms with Crippen molar-refractivity contribution in [3.05, 3.63) is 36.4 Å². The van der Waals surface area contributed by atoms with E-state index in [-0.39, 0.29) is 0 Å². The molecule has 3 nitrogen and oxygen atoms in total. The molecule has 0 aromatic heterocycles. The average Bonchev–Trinajstić information content (AvgIpc) is 2.06. The summed E-state index contributed by atoms with van der Waals surface area (Å²) < 4.78 is 22.2. The zero-order valence-corrected chi connectivity index (χ0v) is 6.71. The van der Waals surface area contributed by atoms with E-state index in [9.17, 15) is 8.42 Å². The highest BCUT2D eigenvalue weighted by Gasteiger charge is 2.17. The van der Waals surface area contributed by atoms with E-state index in [1.54, 1.807) is 24.4 Å². The summed E-state index contributed by atoms with van der Waals surface area (Å²) in [5.41, 5.74) is 0. The molecule has 1 rings (SSSR count). The average molecular weight is 171 g/mol. The van der Waals surface area contributed by atoms with Crippen LogP contribution >= 0.6 is 0 Å². The first-order valence-corrected chi connectivity index (χ1v) is 4.73. The minimum Gasteiger partial charge on any atom is -0.372 e. The monoisotopic (exact) mass is 171 g/mol. The summed E-state index contributed by atoms with van der Waals surface area (Å²) in [6.45, 7) is 3.22. The summed E-state index contributed by atoms with van der Waals surface area (Å²) in [7, 11) is -3.21. The maximum Gasteiger partial charge on any atom is 0.195 e. The number of sulfone groups is 1. The van der Waals surface area contributed by atoms with Crippen LogP contribution in [0.3, 0.4) is 0 Å². The topological polar surface area (TPSA) is 46.2 Å². The van der Waals surface area contributed by atoms with Gasteiger partial charge in [-0.05, 0) is 18.4 Å². The van der Waals surface area contributed by atoms with Gasteiger partial charge in [-0.2, -0.15) is 0 Å². The zero-order valence-electron chi connectivity index (χ0n) is 5.90. The van der Waals surface area contributed by atoms with Crippen LogP contribution in [0, 0.1) is 0 Å². The van der Waals surface area contributed by atoms with Gasteiger partial charge in [-0.3, -0.25) is 0 Å². The van der Waals surface area contributed by atoms with Crippen molar-refractivity contribution in [3.63, 3.8) is 0 Å². The van der Waals surface area contributed by atoms with Crippen LogP contribution in [0.1, 0.15) is 0 Å². The quantitative estimate of drug-likeness (QED) is 0.659. The number of hydrogen-bond donors (Lipinski definition) is 1. The molecule has 1 aliphatic heterocycles. The van der Waals surface area contributed by atoms with Gasteiger partial charge in [0, 0.05) is 5.41 Å². The fourth-order valence-electron chi connectivity index (χ4n) is 0.735. The Kier molecular flexibility index (Phi) is 2.14. The maximum absolute atomic E-state index is 11.1. The summed E-state index contributed by atoms with van der Waals surface area (Å²) in [6.07, 6.45) is 6.57. The molecule has 0 aliphatic carbocycles. The first kappa shape index (κ1) is 8.07. The van der Waals surface area contributed by atoms with Crippen LogP contribution in [0.2, 0.25) is 0 Å². The Morgan fingerprint density at radius 2 is 2.18 bits per heavy atom. The van der Waals surface area contributed by atoms with E-state index in [1.807, 2.05) is 0 Å². The van der Waals surface area contributed by atoms with E-state index < -0.39 is 15.2 Å². The van der Waals surface area contributed by atoms with Crippen molar-refractivity contribution < 1.29 is 8.42 Å². The lowest BCUT2D eigenvalue weighted by Gasteiger charge is -2.12. The first-order chi connectivity index (χ1) is 5.17. The third-order valence-corrected chi connectivity index (χ3v) is 2.81. The predicted octanol–water partition coefficient (Wildman–Crippen LogP) is 0.544. The maximum atomic E-state index is 11.1. The Morgan fingerprint density at radius 3 is 2.64 bits per heavy atom. The minimum absolute atomic E-state index is 0.648. The largest absolute Gasteiger partial charge is 0.372 e. The van der Waals surface area contributed by atoms with E-state index in [4.69, 9.17) is 0 Å². The van der Waals surface area contributed by atoms with Crippen LogP contribution in [0.4, 0.5) is 0 Å². The zero-order chi connectivity index (χ0) is 8.32. The molecule has 1 atom stereocenters. The first-order valence-electron chi connectivity index (χ1n) is 3.12. The Morgan fingerprint density at radius 1 is 1.45 bits per heavy atom. The molecule has 1 aliphatic rings. The molecule has 0 fully saturated rings. The van der Waals surface area contributed by atoms with Crippen molar-refractivity contribution in [1.82, 2.24) is 5.32 Å². The fraction of sp³-hybridized carbons (Fsp3) is 0.143. The van der Waals surface area contributed by atoms with E-state index >= 15 is 0 Å². The molecule has 60 valence electrons. The highest BCUT2D eigenvalue weighted by atomic mass is 32.2. The third-order valence-electron chi connectivity index (χ3n) is 1.34. The van der Waals surface area contributed by atoms with Crippen LogP contribution < -0.4 is 5.32 Å². The fourth-order valence-corrected chi connectivity index (χ4v) is 1.52. The van der Waals surface area contributed by atoms with Crippen molar-refractivity contribution in [2.45, 2.75) is 5.37 Å². The van der Waals surface area contributed by atoms with E-state index in [1.165, 1.54) is 0 Å². The van der Waals surface area contributed by atoms with Crippen LogP contribution in [-0.4, -0.2) is 13.8 Å². The van der Waals surface area contributed by atoms with Gasteiger partial charge in [0.05, 0.1) is 0 Å². The van der Waals surface area contributed by atoms with Gasteiger partial charge < -0.3 is 5.32 Å². The number of dihydropyridines is 1.